The summed E-state index contributed by atoms with van der Waals surface area (Å²) in [5, 5.41) is 1.10. The highest BCUT2D eigenvalue weighted by Crippen LogP contribution is 2.42. The van der Waals surface area contributed by atoms with Crippen LogP contribution in [0.3, 0.4) is 0 Å². The van der Waals surface area contributed by atoms with Crippen molar-refractivity contribution < 1.29 is 19.1 Å². The molecule has 1 amide bonds. The molecule has 1 aliphatic heterocycles. The highest BCUT2D eigenvalue weighted by Gasteiger charge is 2.38. The van der Waals surface area contributed by atoms with Crippen LogP contribution in [-0.4, -0.2) is 30.6 Å². The van der Waals surface area contributed by atoms with Gasteiger partial charge < -0.3 is 14.4 Å². The van der Waals surface area contributed by atoms with Gasteiger partial charge in [-0.1, -0.05) is 41.4 Å². The number of amides is 1. The summed E-state index contributed by atoms with van der Waals surface area (Å²) < 4.78 is 11.4. The summed E-state index contributed by atoms with van der Waals surface area (Å²) in [5.74, 6) is -0.418. The summed E-state index contributed by atoms with van der Waals surface area (Å²) in [7, 11) is 0. The van der Waals surface area contributed by atoms with Gasteiger partial charge in [0.2, 0.25) is 0 Å². The number of hydrogen-bond acceptors (Lipinski definition) is 4. The number of esters is 1. The lowest BCUT2D eigenvalue weighted by Crippen LogP contribution is -2.43. The smallest absolute Gasteiger partial charge is 0.305 e. The average Bonchev–Trinajstić information content (AvgIpc) is 2.83. The highest BCUT2D eigenvalue weighted by molar-refractivity contribution is 6.31. The fourth-order valence-corrected chi connectivity index (χ4v) is 4.26. The van der Waals surface area contributed by atoms with E-state index in [0.29, 0.717) is 29.5 Å². The molecule has 0 saturated carbocycles. The van der Waals surface area contributed by atoms with Gasteiger partial charge in [0.25, 0.3) is 5.91 Å². The van der Waals surface area contributed by atoms with Crippen molar-refractivity contribution in [2.24, 2.45) is 0 Å². The monoisotopic (exact) mass is 463 g/mol. The van der Waals surface area contributed by atoms with Crippen LogP contribution in [0.15, 0.2) is 42.5 Å². The van der Waals surface area contributed by atoms with Crippen LogP contribution in [0.2, 0.25) is 10.0 Å². The topological polar surface area (TPSA) is 55.8 Å². The first-order valence-electron chi connectivity index (χ1n) is 10.5. The van der Waals surface area contributed by atoms with Crippen LogP contribution in [0.25, 0.3) is 0 Å². The molecule has 1 aliphatic rings. The van der Waals surface area contributed by atoms with Gasteiger partial charge in [-0.3, -0.25) is 9.59 Å². The number of anilines is 1. The molecule has 0 aliphatic carbocycles. The van der Waals surface area contributed by atoms with Gasteiger partial charge in [-0.15, -0.1) is 0 Å². The van der Waals surface area contributed by atoms with E-state index in [0.717, 1.165) is 16.8 Å². The Balaban J connectivity index is 2.02. The van der Waals surface area contributed by atoms with Crippen molar-refractivity contribution in [3.8, 4) is 0 Å². The quantitative estimate of drug-likeness (QED) is 0.475. The summed E-state index contributed by atoms with van der Waals surface area (Å²) in [4.78, 5) is 27.0. The molecular formula is C24H27Cl2NO4. The Morgan fingerprint density at radius 3 is 2.58 bits per heavy atom. The predicted molar refractivity (Wildman–Crippen MR) is 123 cm³/mol. The van der Waals surface area contributed by atoms with Gasteiger partial charge in [0, 0.05) is 33.6 Å². The zero-order valence-corrected chi connectivity index (χ0v) is 19.4. The minimum atomic E-state index is -0.732. The fraction of sp³-hybridized carbons (Fsp3) is 0.417. The molecule has 0 saturated heterocycles. The van der Waals surface area contributed by atoms with Crippen LogP contribution in [-0.2, 0) is 19.1 Å². The number of nitrogens with zero attached hydrogens (tertiary/aromatic N) is 1. The van der Waals surface area contributed by atoms with Crippen molar-refractivity contribution in [2.75, 3.05) is 11.5 Å². The second kappa shape index (κ2) is 10.5. The third-order valence-corrected chi connectivity index (χ3v) is 5.78. The number of carbonyl (C=O) groups excluding carboxylic acids is 2. The molecule has 0 radical (unpaired) electrons. The van der Waals surface area contributed by atoms with Gasteiger partial charge in [-0.05, 0) is 57.9 Å². The maximum absolute atomic E-state index is 13.5. The van der Waals surface area contributed by atoms with E-state index < -0.39 is 12.2 Å². The van der Waals surface area contributed by atoms with E-state index in [9.17, 15) is 9.59 Å². The molecule has 0 N–H and O–H groups in total. The van der Waals surface area contributed by atoms with Crippen LogP contribution < -0.4 is 4.90 Å². The van der Waals surface area contributed by atoms with Crippen LogP contribution in [0.5, 0.6) is 0 Å². The molecule has 0 fully saturated rings. The Morgan fingerprint density at radius 1 is 1.16 bits per heavy atom. The number of ether oxygens (including phenoxy) is 2. The summed E-state index contributed by atoms with van der Waals surface area (Å²) >= 11 is 12.8. The lowest BCUT2D eigenvalue weighted by Gasteiger charge is -2.28. The normalized spacial score (nSPS) is 18.6. The minimum absolute atomic E-state index is 0.0893. The Hall–Kier alpha value is -2.08. The van der Waals surface area contributed by atoms with E-state index >= 15 is 0 Å². The second-order valence-corrected chi connectivity index (χ2v) is 8.57. The number of rotatable bonds is 7. The molecule has 0 spiro atoms. The number of halogens is 2. The third kappa shape index (κ3) is 5.40. The van der Waals surface area contributed by atoms with E-state index in [-0.39, 0.29) is 24.3 Å². The Bertz CT molecular complexity index is 947. The summed E-state index contributed by atoms with van der Waals surface area (Å²) in [6.07, 6.45) is -0.193. The van der Waals surface area contributed by atoms with Gasteiger partial charge in [-0.2, -0.15) is 0 Å². The van der Waals surface area contributed by atoms with Gasteiger partial charge in [0.05, 0.1) is 12.3 Å². The fourth-order valence-electron chi connectivity index (χ4n) is 3.84. The third-order valence-electron chi connectivity index (χ3n) is 5.20. The zero-order chi connectivity index (χ0) is 22.5. The molecule has 0 aromatic heterocycles. The highest BCUT2D eigenvalue weighted by atomic mass is 35.5. The van der Waals surface area contributed by atoms with E-state index in [1.165, 1.54) is 0 Å². The average molecular weight is 464 g/mol. The van der Waals surface area contributed by atoms with E-state index in [1.807, 2.05) is 44.2 Å². The van der Waals surface area contributed by atoms with E-state index in [2.05, 4.69) is 0 Å². The predicted octanol–water partition coefficient (Wildman–Crippen LogP) is 5.96. The summed E-state index contributed by atoms with van der Waals surface area (Å²) in [6, 6.07) is 12.8. The number of hydrogen-bond donors (Lipinski definition) is 0. The van der Waals surface area contributed by atoms with Crippen molar-refractivity contribution >= 4 is 40.8 Å². The first-order valence-corrected chi connectivity index (χ1v) is 11.3. The Labute approximate surface area is 193 Å². The maximum Gasteiger partial charge on any atom is 0.305 e. The van der Waals surface area contributed by atoms with Crippen molar-refractivity contribution in [3.05, 3.63) is 63.6 Å². The first-order chi connectivity index (χ1) is 14.8. The SMILES string of the molecule is CCOC(=O)CCC[C@H]1O[C@H](c2ccccc2Cl)c2cc(Cl)ccc2N(C(C)C)C1=O. The Kier molecular flexibility index (Phi) is 7.98. The maximum atomic E-state index is 13.5. The standard InChI is InChI=1S/C24H27Cl2NO4/c1-4-30-22(28)11-7-10-21-24(29)27(15(2)3)20-13-12-16(25)14-18(20)23(31-21)17-8-5-6-9-19(17)26/h5-6,8-9,12-15,21,23H,4,7,10-11H2,1-3H3/t21-,23-/m1/s1. The van der Waals surface area contributed by atoms with Gasteiger partial charge >= 0.3 is 5.97 Å². The Morgan fingerprint density at radius 2 is 1.90 bits per heavy atom. The van der Waals surface area contributed by atoms with Crippen molar-refractivity contribution in [3.63, 3.8) is 0 Å². The summed E-state index contributed by atoms with van der Waals surface area (Å²) in [6.45, 7) is 6.03. The second-order valence-electron chi connectivity index (χ2n) is 7.73. The van der Waals surface area contributed by atoms with Crippen LogP contribution in [0.1, 0.15) is 57.3 Å². The molecule has 2 aromatic carbocycles. The number of carbonyl (C=O) groups is 2. The molecule has 0 bridgehead atoms. The molecule has 31 heavy (non-hydrogen) atoms. The van der Waals surface area contributed by atoms with E-state index in [4.69, 9.17) is 32.7 Å². The van der Waals surface area contributed by atoms with E-state index in [1.54, 1.807) is 24.0 Å². The van der Waals surface area contributed by atoms with Crippen LogP contribution in [0.4, 0.5) is 5.69 Å². The van der Waals surface area contributed by atoms with Crippen molar-refractivity contribution in [2.45, 2.75) is 58.3 Å². The first kappa shape index (κ1) is 23.6. The summed E-state index contributed by atoms with van der Waals surface area (Å²) in [5.41, 5.74) is 2.30. The molecule has 5 nitrogen and oxygen atoms in total. The molecule has 0 unspecified atom stereocenters. The number of benzene rings is 2. The molecular weight excluding hydrogens is 437 g/mol. The largest absolute Gasteiger partial charge is 0.466 e. The molecule has 3 rings (SSSR count). The minimum Gasteiger partial charge on any atom is -0.466 e. The molecule has 1 heterocycles. The molecule has 7 heteroatoms. The van der Waals surface area contributed by atoms with Gasteiger partial charge in [0.15, 0.2) is 0 Å². The van der Waals surface area contributed by atoms with Gasteiger partial charge in [-0.25, -0.2) is 0 Å². The van der Waals surface area contributed by atoms with Gasteiger partial charge in [0.1, 0.15) is 12.2 Å². The molecule has 166 valence electrons. The van der Waals surface area contributed by atoms with Crippen LogP contribution >= 0.6 is 23.2 Å². The van der Waals surface area contributed by atoms with Crippen molar-refractivity contribution in [1.82, 2.24) is 0 Å². The molecule has 2 atom stereocenters. The zero-order valence-electron chi connectivity index (χ0n) is 17.9. The molecule has 2 aromatic rings. The number of fused-ring (bicyclic) bond motifs is 1. The lowest BCUT2D eigenvalue weighted by atomic mass is 9.99. The van der Waals surface area contributed by atoms with Crippen LogP contribution in [0, 0.1) is 0 Å². The van der Waals surface area contributed by atoms with Crippen molar-refractivity contribution in [1.29, 1.82) is 0 Å². The lowest BCUT2D eigenvalue weighted by molar-refractivity contribution is -0.144.